The Morgan fingerprint density at radius 3 is 0.825 bits per heavy atom. The highest BCUT2D eigenvalue weighted by Gasteiger charge is 2.25. The molecular weight excluding hydrogens is 1270 g/mol. The Hall–Kier alpha value is -4.57. The van der Waals surface area contributed by atoms with Crippen molar-refractivity contribution < 1.29 is 42.9 Å². The third kappa shape index (κ3) is 84.6. The molecule has 0 aromatic carbocycles. The number of unbranched alkanes of at least 4 members (excludes halogenated alkanes) is 43. The van der Waals surface area contributed by atoms with Crippen LogP contribution >= 0.6 is 0 Å². The molecule has 0 rings (SSSR count). The average molecular weight is 1440 g/mol. The van der Waals surface area contributed by atoms with Gasteiger partial charge in [0, 0.05) is 12.8 Å². The number of hydrogen-bond acceptors (Lipinski definition) is 7. The lowest BCUT2D eigenvalue weighted by molar-refractivity contribution is -0.870. The van der Waals surface area contributed by atoms with Crippen LogP contribution < -0.4 is 0 Å². The zero-order valence-corrected chi connectivity index (χ0v) is 67.9. The Kier molecular flexibility index (Phi) is 79.4. The van der Waals surface area contributed by atoms with E-state index >= 15 is 0 Å². The molecule has 0 aliphatic heterocycles. The van der Waals surface area contributed by atoms with E-state index in [4.69, 9.17) is 18.9 Å². The third-order valence-electron chi connectivity index (χ3n) is 18.9. The first-order chi connectivity index (χ1) is 50.6. The van der Waals surface area contributed by atoms with Crippen LogP contribution in [0.2, 0.25) is 0 Å². The average Bonchev–Trinajstić information content (AvgIpc) is 0.985. The van der Waals surface area contributed by atoms with Crippen molar-refractivity contribution in [1.29, 1.82) is 0 Å². The lowest BCUT2D eigenvalue weighted by atomic mass is 10.0. The van der Waals surface area contributed by atoms with E-state index < -0.39 is 24.3 Å². The highest BCUT2D eigenvalue weighted by molar-refractivity contribution is 5.71. The molecule has 2 unspecified atom stereocenters. The largest absolute Gasteiger partial charge is 0.477 e. The molecule has 0 radical (unpaired) electrons. The van der Waals surface area contributed by atoms with Crippen LogP contribution in [0.25, 0.3) is 0 Å². The number of carboxylic acid groups (broad SMARTS) is 1. The molecule has 0 bridgehead atoms. The molecule has 0 aromatic heterocycles. The van der Waals surface area contributed by atoms with Crippen LogP contribution in [0.15, 0.2) is 134 Å². The zero-order chi connectivity index (χ0) is 74.6. The molecule has 2 atom stereocenters. The quantitative estimate of drug-likeness (QED) is 0.0211. The van der Waals surface area contributed by atoms with E-state index in [9.17, 15) is 19.5 Å². The van der Waals surface area contributed by atoms with Crippen LogP contribution in [0.3, 0.4) is 0 Å². The summed E-state index contributed by atoms with van der Waals surface area (Å²) in [6.45, 7) is 4.78. The molecule has 0 amide bonds. The summed E-state index contributed by atoms with van der Waals surface area (Å²) in [5.74, 6) is -2.02. The van der Waals surface area contributed by atoms with Gasteiger partial charge in [-0.1, -0.05) is 411 Å². The van der Waals surface area contributed by atoms with Gasteiger partial charge in [0.05, 0.1) is 34.4 Å². The maximum Gasteiger partial charge on any atom is 0.361 e. The molecule has 0 fully saturated rings. The number of hydrogen-bond donors (Lipinski definition) is 1. The topological polar surface area (TPSA) is 108 Å². The number of aliphatic carboxylic acids is 1. The Morgan fingerprint density at radius 2 is 0.553 bits per heavy atom. The summed E-state index contributed by atoms with van der Waals surface area (Å²) >= 11 is 0. The molecule has 0 aliphatic carbocycles. The summed E-state index contributed by atoms with van der Waals surface area (Å²) in [5, 5.41) is 9.78. The normalized spacial score (nSPS) is 13.3. The van der Waals surface area contributed by atoms with Crippen molar-refractivity contribution in [3.63, 3.8) is 0 Å². The second-order valence-corrected chi connectivity index (χ2v) is 30.1. The van der Waals surface area contributed by atoms with Crippen LogP contribution in [-0.2, 0) is 33.3 Å². The minimum atomic E-state index is -1.52. The van der Waals surface area contributed by atoms with Gasteiger partial charge >= 0.3 is 17.9 Å². The van der Waals surface area contributed by atoms with E-state index in [1.807, 2.05) is 21.1 Å². The molecule has 1 N–H and O–H groups in total. The molecule has 592 valence electrons. The SMILES string of the molecule is CC/C=C\C/C=C\C/C=C\C/C=C\C/C=C\C/C=C\C/C=C\C/C=C\C/C=C\C/C=C\C/C=C\CCCCCCCC(=O)OC(COC(=O)CCCCCCCCCCCCCCCCCCCCCCCCCCCCCCCCCCCCCCCCC)COC(OCC[N+](C)(C)C)C(=O)O. The zero-order valence-electron chi connectivity index (χ0n) is 67.9. The molecule has 103 heavy (non-hydrogen) atoms. The van der Waals surface area contributed by atoms with E-state index in [1.165, 1.54) is 231 Å². The first-order valence-corrected chi connectivity index (χ1v) is 43.3. The second-order valence-electron chi connectivity index (χ2n) is 30.1. The van der Waals surface area contributed by atoms with Crippen molar-refractivity contribution in [3.8, 4) is 0 Å². The number of likely N-dealkylation sites (N-methyl/N-ethyl adjacent to an activating group) is 1. The van der Waals surface area contributed by atoms with Crippen molar-refractivity contribution in [2.24, 2.45) is 0 Å². The summed E-state index contributed by atoms with van der Waals surface area (Å²) < 4.78 is 23.0. The van der Waals surface area contributed by atoms with E-state index in [2.05, 4.69) is 148 Å². The van der Waals surface area contributed by atoms with Gasteiger partial charge in [0.1, 0.15) is 13.2 Å². The molecule has 0 saturated carbocycles. The Labute approximate surface area is 637 Å². The van der Waals surface area contributed by atoms with Gasteiger partial charge in [-0.3, -0.25) is 9.59 Å². The molecule has 9 nitrogen and oxygen atoms in total. The number of rotatable bonds is 80. The number of esters is 2. The maximum atomic E-state index is 13.0. The Bertz CT molecular complexity index is 2170. The minimum Gasteiger partial charge on any atom is -0.477 e. The molecule has 0 saturated heterocycles. The van der Waals surface area contributed by atoms with Gasteiger partial charge in [-0.15, -0.1) is 0 Å². The summed E-state index contributed by atoms with van der Waals surface area (Å²) in [4.78, 5) is 37.8. The number of carbonyl (C=O) groups is 3. The fourth-order valence-corrected chi connectivity index (χ4v) is 12.4. The summed E-state index contributed by atoms with van der Waals surface area (Å²) in [7, 11) is 5.98. The van der Waals surface area contributed by atoms with E-state index in [1.54, 1.807) is 0 Å². The van der Waals surface area contributed by atoms with Crippen LogP contribution in [0.4, 0.5) is 0 Å². The van der Waals surface area contributed by atoms with Crippen molar-refractivity contribution in [1.82, 2.24) is 0 Å². The van der Waals surface area contributed by atoms with Crippen molar-refractivity contribution in [2.75, 3.05) is 47.5 Å². The number of quaternary nitrogens is 1. The molecule has 9 heteroatoms. The van der Waals surface area contributed by atoms with Gasteiger partial charge in [0.15, 0.2) is 6.10 Å². The monoisotopic (exact) mass is 1440 g/mol. The van der Waals surface area contributed by atoms with Gasteiger partial charge in [-0.05, 0) is 96.3 Å². The fourth-order valence-electron chi connectivity index (χ4n) is 12.4. The van der Waals surface area contributed by atoms with Gasteiger partial charge in [0.2, 0.25) is 0 Å². The number of nitrogens with zero attached hydrogens (tertiary/aromatic N) is 1. The predicted molar refractivity (Wildman–Crippen MR) is 447 cm³/mol. The van der Waals surface area contributed by atoms with Gasteiger partial charge in [-0.2, -0.15) is 0 Å². The van der Waals surface area contributed by atoms with E-state index in [0.29, 0.717) is 23.9 Å². The van der Waals surface area contributed by atoms with Crippen LogP contribution in [0.5, 0.6) is 0 Å². The van der Waals surface area contributed by atoms with Gasteiger partial charge in [0.25, 0.3) is 6.29 Å². The lowest BCUT2D eigenvalue weighted by Crippen LogP contribution is -2.40. The molecular formula is C94H164NO8+. The molecule has 0 spiro atoms. The van der Waals surface area contributed by atoms with Crippen molar-refractivity contribution >= 4 is 17.9 Å². The van der Waals surface area contributed by atoms with E-state index in [0.717, 1.165) is 122 Å². The highest BCUT2D eigenvalue weighted by Crippen LogP contribution is 2.20. The minimum absolute atomic E-state index is 0.179. The van der Waals surface area contributed by atoms with Crippen molar-refractivity contribution in [3.05, 3.63) is 134 Å². The number of carbonyl (C=O) groups excluding carboxylic acids is 2. The predicted octanol–water partition coefficient (Wildman–Crippen LogP) is 28.4. The lowest BCUT2D eigenvalue weighted by Gasteiger charge is -2.25. The van der Waals surface area contributed by atoms with Crippen molar-refractivity contribution in [2.45, 2.75) is 399 Å². The van der Waals surface area contributed by atoms with Gasteiger partial charge < -0.3 is 28.5 Å². The first kappa shape index (κ1) is 98.4. The van der Waals surface area contributed by atoms with Crippen LogP contribution in [0, 0.1) is 0 Å². The second kappa shape index (κ2) is 83.1. The van der Waals surface area contributed by atoms with Crippen LogP contribution in [0.1, 0.15) is 386 Å². The fraction of sp³-hybridized carbons (Fsp3) is 0.734. The van der Waals surface area contributed by atoms with Crippen LogP contribution in [-0.4, -0.2) is 87.4 Å². The summed E-state index contributed by atoms with van der Waals surface area (Å²) in [5.41, 5.74) is 0. The Balaban J connectivity index is 4.05. The van der Waals surface area contributed by atoms with E-state index in [-0.39, 0.29) is 32.2 Å². The molecule has 0 heterocycles. The number of carboxylic acids is 1. The highest BCUT2D eigenvalue weighted by atomic mass is 16.7. The van der Waals surface area contributed by atoms with Gasteiger partial charge in [-0.25, -0.2) is 4.79 Å². The summed E-state index contributed by atoms with van der Waals surface area (Å²) in [6, 6.07) is 0. The number of allylic oxidation sites excluding steroid dienone is 22. The standard InChI is InChI=1S/C94H163NO8/c1-6-8-10-12-14-16-18-20-22-24-26-28-30-32-34-36-38-40-42-44-46-48-50-52-54-56-58-60-62-64-66-68-70-72-74-76-78-80-82-84-91(96)101-88-90(89-102-94(93(98)99)100-87-86-95(3,4)5)103-92(97)85-83-81-79-77-75-73-71-69-67-65-63-61-59-57-55-53-51-49-47-45-43-41-39-37-35-33-31-29-27-25-23-21-19-17-15-13-11-9-7-2/h9,11,15,17,21,23,27,29,33,35,39,41,45,47,51,53,57,59,63,65,69,71,90,94H,6-8,10,12-14,16,18-20,22,24-26,28,30-32,34,36-38,40,42-44,46,48-50,52,54-56,58,60-62,64,66-68,70,72-89H2,1-5H3/p+1/b11-9-,17-15-,23-21-,29-27-,35-33-,41-39-,47-45-,53-51-,59-57-,65-63-,71-69-. The summed E-state index contributed by atoms with van der Waals surface area (Å²) in [6.07, 6.45) is 118. The maximum absolute atomic E-state index is 13.0. The number of ether oxygens (including phenoxy) is 4. The first-order valence-electron chi connectivity index (χ1n) is 43.3. The smallest absolute Gasteiger partial charge is 0.361 e. The molecule has 0 aliphatic rings. The third-order valence-corrected chi connectivity index (χ3v) is 18.9. The molecule has 0 aromatic rings. The Morgan fingerprint density at radius 1 is 0.301 bits per heavy atom.